The predicted octanol–water partition coefficient (Wildman–Crippen LogP) is 1.11. The summed E-state index contributed by atoms with van der Waals surface area (Å²) >= 11 is 0. The molecule has 2 unspecified atom stereocenters. The van der Waals surface area contributed by atoms with Gasteiger partial charge in [0.25, 0.3) is 5.56 Å². The lowest BCUT2D eigenvalue weighted by Crippen LogP contribution is -2.41. The molecule has 2 aromatic carbocycles. The van der Waals surface area contributed by atoms with Crippen LogP contribution in [-0.2, 0) is 22.6 Å². The number of aromatic nitrogens is 2. The van der Waals surface area contributed by atoms with Gasteiger partial charge in [-0.25, -0.2) is 4.98 Å². The Morgan fingerprint density at radius 3 is 2.94 bits per heavy atom. The number of nitrogens with one attached hydrogen (secondary N) is 2. The van der Waals surface area contributed by atoms with E-state index in [2.05, 4.69) is 21.7 Å². The van der Waals surface area contributed by atoms with E-state index in [9.17, 15) is 14.4 Å². The van der Waals surface area contributed by atoms with E-state index in [1.165, 1.54) is 10.1 Å². The first-order chi connectivity index (χ1) is 15.5. The van der Waals surface area contributed by atoms with Gasteiger partial charge in [-0.05, 0) is 48.7 Å². The van der Waals surface area contributed by atoms with Gasteiger partial charge in [0.15, 0.2) is 0 Å². The second-order valence-corrected chi connectivity index (χ2v) is 8.08. The van der Waals surface area contributed by atoms with Crippen molar-refractivity contribution < 1.29 is 14.3 Å². The molecule has 0 aliphatic carbocycles. The first kappa shape index (κ1) is 20.2. The van der Waals surface area contributed by atoms with Crippen molar-refractivity contribution in [3.8, 4) is 5.75 Å². The number of carbonyl (C=O) groups is 2. The highest BCUT2D eigenvalue weighted by Gasteiger charge is 2.31. The van der Waals surface area contributed by atoms with Gasteiger partial charge in [-0.3, -0.25) is 24.3 Å². The fourth-order valence-corrected chi connectivity index (χ4v) is 4.51. The molecule has 9 heteroatoms. The molecule has 2 aliphatic rings. The third kappa shape index (κ3) is 3.60. The van der Waals surface area contributed by atoms with E-state index in [1.54, 1.807) is 18.2 Å². The van der Waals surface area contributed by atoms with Crippen LogP contribution in [0.5, 0.6) is 5.75 Å². The minimum Gasteiger partial charge on any atom is -0.494 e. The summed E-state index contributed by atoms with van der Waals surface area (Å²) in [5, 5.41) is 6.37. The molecule has 0 radical (unpaired) electrons. The molecular formula is C23H23N5O4. The maximum atomic E-state index is 12.7. The molecule has 0 fully saturated rings. The van der Waals surface area contributed by atoms with Gasteiger partial charge in [0.2, 0.25) is 17.8 Å². The molecule has 2 amide bonds. The molecule has 0 saturated heterocycles. The molecule has 3 heterocycles. The van der Waals surface area contributed by atoms with E-state index < -0.39 is 5.92 Å². The minimum atomic E-state index is -0.426. The van der Waals surface area contributed by atoms with E-state index in [1.807, 2.05) is 18.2 Å². The number of hydrogen-bond acceptors (Lipinski definition) is 6. The van der Waals surface area contributed by atoms with Crippen LogP contribution in [0.2, 0.25) is 0 Å². The van der Waals surface area contributed by atoms with Gasteiger partial charge in [0.1, 0.15) is 12.3 Å². The second kappa shape index (κ2) is 8.08. The molecule has 2 aliphatic heterocycles. The molecule has 4 N–H and O–H groups in total. The first-order valence-electron chi connectivity index (χ1n) is 10.6. The van der Waals surface area contributed by atoms with Crippen molar-refractivity contribution in [3.63, 3.8) is 0 Å². The van der Waals surface area contributed by atoms with Crippen molar-refractivity contribution in [2.45, 2.75) is 25.4 Å². The molecule has 9 nitrogen and oxygen atoms in total. The third-order valence-corrected chi connectivity index (χ3v) is 6.09. The average Bonchev–Trinajstić information content (AvgIpc) is 3.17. The second-order valence-electron chi connectivity index (χ2n) is 8.08. The highest BCUT2D eigenvalue weighted by atomic mass is 16.5. The van der Waals surface area contributed by atoms with Crippen LogP contribution in [0.15, 0.2) is 47.3 Å². The van der Waals surface area contributed by atoms with Crippen molar-refractivity contribution in [3.05, 3.63) is 63.9 Å². The number of anilines is 1. The lowest BCUT2D eigenvalue weighted by molar-refractivity contribution is -0.123. The van der Waals surface area contributed by atoms with Gasteiger partial charge in [0.05, 0.1) is 23.4 Å². The van der Waals surface area contributed by atoms with Gasteiger partial charge in [-0.15, -0.1) is 0 Å². The van der Waals surface area contributed by atoms with Gasteiger partial charge < -0.3 is 15.8 Å². The van der Waals surface area contributed by atoms with Crippen molar-refractivity contribution in [1.29, 1.82) is 0 Å². The number of nitrogens with two attached hydrogens (primary N) is 1. The molecule has 0 saturated carbocycles. The number of primary amides is 1. The lowest BCUT2D eigenvalue weighted by Gasteiger charge is -2.32. The number of amides is 2. The number of nitrogens with zero attached hydrogens (tertiary/aromatic N) is 2. The zero-order chi connectivity index (χ0) is 22.2. The number of ether oxygens (including phenoxy) is 1. The van der Waals surface area contributed by atoms with Crippen LogP contribution >= 0.6 is 0 Å². The summed E-state index contributed by atoms with van der Waals surface area (Å²) in [6.45, 7) is 1.01. The summed E-state index contributed by atoms with van der Waals surface area (Å²) in [7, 11) is 0. The predicted molar refractivity (Wildman–Crippen MR) is 118 cm³/mol. The van der Waals surface area contributed by atoms with Crippen LogP contribution in [0.1, 0.15) is 23.6 Å². The van der Waals surface area contributed by atoms with Gasteiger partial charge in [0, 0.05) is 6.04 Å². The Labute approximate surface area is 183 Å². The Morgan fingerprint density at radius 2 is 2.09 bits per heavy atom. The summed E-state index contributed by atoms with van der Waals surface area (Å²) in [4.78, 5) is 40.9. The molecule has 1 aromatic heterocycles. The molecule has 164 valence electrons. The SMILES string of the molecule is NC(=O)C(CCOc1ccc2nc3n(c(=O)c2c1)CC(=O)N3)C1NCCc2ccccc21. The number of benzene rings is 2. The fourth-order valence-electron chi connectivity index (χ4n) is 4.51. The van der Waals surface area contributed by atoms with Crippen LogP contribution in [0, 0.1) is 5.92 Å². The Balaban J connectivity index is 1.33. The quantitative estimate of drug-likeness (QED) is 0.534. The number of hydrogen-bond donors (Lipinski definition) is 3. The van der Waals surface area contributed by atoms with E-state index in [0.717, 1.165) is 18.5 Å². The zero-order valence-corrected chi connectivity index (χ0v) is 17.3. The maximum absolute atomic E-state index is 12.7. The van der Waals surface area contributed by atoms with Crippen molar-refractivity contribution >= 4 is 28.7 Å². The Hall–Kier alpha value is -3.72. The first-order valence-corrected chi connectivity index (χ1v) is 10.6. The highest BCUT2D eigenvalue weighted by Crippen LogP contribution is 2.31. The zero-order valence-electron chi connectivity index (χ0n) is 17.3. The Morgan fingerprint density at radius 1 is 1.25 bits per heavy atom. The van der Waals surface area contributed by atoms with E-state index in [-0.39, 0.29) is 42.5 Å². The molecule has 3 aromatic rings. The molecule has 32 heavy (non-hydrogen) atoms. The molecule has 5 rings (SSSR count). The Kier molecular flexibility index (Phi) is 5.10. The van der Waals surface area contributed by atoms with Crippen LogP contribution in [-0.4, -0.2) is 34.5 Å². The van der Waals surface area contributed by atoms with E-state index >= 15 is 0 Å². The standard InChI is InChI=1S/C23H23N5O4/c24-21(30)16(20-15-4-2-1-3-13(15)7-9-25-20)8-10-32-14-5-6-18-17(11-14)22(31)28-12-19(29)27-23(28)26-18/h1-6,11,16,20,25H,7-10,12H2,(H2,24,30)(H,26,27,29). The van der Waals surface area contributed by atoms with Crippen molar-refractivity contribution in [2.24, 2.45) is 11.7 Å². The fraction of sp³-hybridized carbons (Fsp3) is 0.304. The van der Waals surface area contributed by atoms with Crippen molar-refractivity contribution in [1.82, 2.24) is 14.9 Å². The molecule has 0 bridgehead atoms. The van der Waals surface area contributed by atoms with Crippen LogP contribution < -0.4 is 26.7 Å². The summed E-state index contributed by atoms with van der Waals surface area (Å²) in [6.07, 6.45) is 1.35. The lowest BCUT2D eigenvalue weighted by atomic mass is 9.84. The van der Waals surface area contributed by atoms with Crippen LogP contribution in [0.4, 0.5) is 5.95 Å². The van der Waals surface area contributed by atoms with Gasteiger partial charge >= 0.3 is 0 Å². The summed E-state index contributed by atoms with van der Waals surface area (Å²) in [5.74, 6) is -0.321. The average molecular weight is 433 g/mol. The molecule has 0 spiro atoms. The highest BCUT2D eigenvalue weighted by molar-refractivity contribution is 5.94. The minimum absolute atomic E-state index is 0.0433. The largest absolute Gasteiger partial charge is 0.494 e. The Bertz CT molecular complexity index is 1290. The molecule has 2 atom stereocenters. The molecular weight excluding hydrogens is 410 g/mol. The normalized spacial score (nSPS) is 18.0. The van der Waals surface area contributed by atoms with E-state index in [4.69, 9.17) is 10.5 Å². The van der Waals surface area contributed by atoms with Crippen molar-refractivity contribution in [2.75, 3.05) is 18.5 Å². The third-order valence-electron chi connectivity index (χ3n) is 6.09. The van der Waals surface area contributed by atoms with E-state index in [0.29, 0.717) is 23.1 Å². The summed E-state index contributed by atoms with van der Waals surface area (Å²) in [6, 6.07) is 13.0. The summed E-state index contributed by atoms with van der Waals surface area (Å²) < 4.78 is 7.18. The maximum Gasteiger partial charge on any atom is 0.263 e. The van der Waals surface area contributed by atoms with Gasteiger partial charge in [-0.2, -0.15) is 0 Å². The number of carbonyl (C=O) groups excluding carboxylic acids is 2. The van der Waals surface area contributed by atoms with Crippen LogP contribution in [0.25, 0.3) is 10.9 Å². The number of rotatable bonds is 6. The van der Waals surface area contributed by atoms with Gasteiger partial charge in [-0.1, -0.05) is 24.3 Å². The van der Waals surface area contributed by atoms with Crippen LogP contribution in [0.3, 0.4) is 0 Å². The monoisotopic (exact) mass is 433 g/mol. The number of fused-ring (bicyclic) bond motifs is 3. The smallest absolute Gasteiger partial charge is 0.263 e. The summed E-state index contributed by atoms with van der Waals surface area (Å²) in [5.41, 5.74) is 8.25. The topological polar surface area (TPSA) is 128 Å².